The lowest BCUT2D eigenvalue weighted by Crippen LogP contribution is -2.26. The van der Waals surface area contributed by atoms with Gasteiger partial charge in [-0.25, -0.2) is 9.78 Å². The van der Waals surface area contributed by atoms with Crippen LogP contribution in [-0.4, -0.2) is 41.2 Å². The van der Waals surface area contributed by atoms with Gasteiger partial charge in [-0.1, -0.05) is 42.5 Å². The van der Waals surface area contributed by atoms with Crippen LogP contribution in [0.3, 0.4) is 0 Å². The Hall–Kier alpha value is -3.73. The second kappa shape index (κ2) is 12.0. The standard InChI is InChI=1S/C28H26IN3O5/c1-4-35-24-16-19(15-22(29)25(24)37-18(3)28(34)36-5-2)17-30-32-26(20-11-7-6-8-12-20)31-23-14-10-9-13-21(23)27(32)33/h6-18H,4-5H2,1-3H3/t18-/m0/s1. The van der Waals surface area contributed by atoms with Gasteiger partial charge in [0.1, 0.15) is 0 Å². The van der Waals surface area contributed by atoms with E-state index in [0.717, 1.165) is 5.56 Å². The molecule has 0 spiro atoms. The van der Waals surface area contributed by atoms with Crippen molar-refractivity contribution in [1.82, 2.24) is 9.66 Å². The van der Waals surface area contributed by atoms with Crippen molar-refractivity contribution in [2.24, 2.45) is 5.10 Å². The lowest BCUT2D eigenvalue weighted by Gasteiger charge is -2.18. The fourth-order valence-electron chi connectivity index (χ4n) is 3.65. The van der Waals surface area contributed by atoms with Crippen LogP contribution < -0.4 is 15.0 Å². The average Bonchev–Trinajstić information content (AvgIpc) is 2.90. The van der Waals surface area contributed by atoms with E-state index >= 15 is 0 Å². The summed E-state index contributed by atoms with van der Waals surface area (Å²) in [6, 6.07) is 20.2. The maximum atomic E-state index is 13.4. The highest BCUT2D eigenvalue weighted by molar-refractivity contribution is 14.1. The van der Waals surface area contributed by atoms with E-state index in [0.29, 0.717) is 44.0 Å². The van der Waals surface area contributed by atoms with Gasteiger partial charge in [0.25, 0.3) is 5.56 Å². The minimum absolute atomic E-state index is 0.269. The number of hydrogen-bond donors (Lipinski definition) is 0. The van der Waals surface area contributed by atoms with Gasteiger partial charge in [-0.05, 0) is 73.2 Å². The van der Waals surface area contributed by atoms with Gasteiger partial charge < -0.3 is 14.2 Å². The summed E-state index contributed by atoms with van der Waals surface area (Å²) in [5.74, 6) is 0.875. The zero-order chi connectivity index (χ0) is 26.4. The highest BCUT2D eigenvalue weighted by Gasteiger charge is 2.21. The van der Waals surface area contributed by atoms with E-state index in [1.54, 1.807) is 38.3 Å². The smallest absolute Gasteiger partial charge is 0.347 e. The summed E-state index contributed by atoms with van der Waals surface area (Å²) in [5, 5.41) is 5.00. The van der Waals surface area contributed by atoms with Crippen molar-refractivity contribution in [2.75, 3.05) is 13.2 Å². The van der Waals surface area contributed by atoms with Crippen LogP contribution >= 0.6 is 22.6 Å². The van der Waals surface area contributed by atoms with Crippen LogP contribution in [0, 0.1) is 3.57 Å². The second-order valence-corrected chi connectivity index (χ2v) is 9.12. The molecule has 0 saturated heterocycles. The summed E-state index contributed by atoms with van der Waals surface area (Å²) in [7, 11) is 0. The van der Waals surface area contributed by atoms with Crippen molar-refractivity contribution in [2.45, 2.75) is 26.9 Å². The van der Waals surface area contributed by atoms with E-state index in [2.05, 4.69) is 27.7 Å². The van der Waals surface area contributed by atoms with E-state index in [9.17, 15) is 9.59 Å². The summed E-state index contributed by atoms with van der Waals surface area (Å²) in [6.45, 7) is 5.90. The number of halogens is 1. The molecule has 0 amide bonds. The molecule has 0 saturated carbocycles. The number of carbonyl (C=O) groups excluding carboxylic acids is 1. The molecule has 1 heterocycles. The third-order valence-corrected chi connectivity index (χ3v) is 6.15. The summed E-state index contributed by atoms with van der Waals surface area (Å²) in [5.41, 5.74) is 1.78. The van der Waals surface area contributed by atoms with Crippen LogP contribution in [0.4, 0.5) is 0 Å². The van der Waals surface area contributed by atoms with Crippen LogP contribution in [0.15, 0.2) is 76.6 Å². The Morgan fingerprint density at radius 1 is 1.08 bits per heavy atom. The van der Waals surface area contributed by atoms with E-state index in [1.807, 2.05) is 55.5 Å². The van der Waals surface area contributed by atoms with Crippen LogP contribution in [-0.2, 0) is 9.53 Å². The van der Waals surface area contributed by atoms with Gasteiger partial charge in [-0.2, -0.15) is 9.78 Å². The third kappa shape index (κ3) is 5.99. The molecule has 8 nitrogen and oxygen atoms in total. The first-order valence-electron chi connectivity index (χ1n) is 11.8. The van der Waals surface area contributed by atoms with Gasteiger partial charge in [0, 0.05) is 5.56 Å². The maximum absolute atomic E-state index is 13.4. The first-order chi connectivity index (χ1) is 17.9. The number of carbonyl (C=O) groups is 1. The number of hydrogen-bond acceptors (Lipinski definition) is 7. The average molecular weight is 611 g/mol. The number of rotatable bonds is 9. The number of benzene rings is 3. The molecule has 9 heteroatoms. The molecule has 1 atom stereocenters. The van der Waals surface area contributed by atoms with E-state index in [4.69, 9.17) is 19.2 Å². The zero-order valence-corrected chi connectivity index (χ0v) is 22.8. The fraction of sp³-hybridized carbons (Fsp3) is 0.214. The predicted molar refractivity (Wildman–Crippen MR) is 151 cm³/mol. The molecular formula is C28H26IN3O5. The lowest BCUT2D eigenvalue weighted by molar-refractivity contribution is -0.150. The van der Waals surface area contributed by atoms with Crippen molar-refractivity contribution in [1.29, 1.82) is 0 Å². The molecule has 0 unspecified atom stereocenters. The number of fused-ring (bicyclic) bond motifs is 1. The van der Waals surface area contributed by atoms with Gasteiger partial charge in [-0.3, -0.25) is 4.79 Å². The SMILES string of the molecule is CCOC(=O)[C@H](C)Oc1c(I)cc(C=Nn2c(-c3ccccc3)nc3ccccc3c2=O)cc1OCC. The van der Waals surface area contributed by atoms with Gasteiger partial charge in [0.05, 0.1) is 33.9 Å². The normalized spacial score (nSPS) is 12.0. The van der Waals surface area contributed by atoms with E-state index in [1.165, 1.54) is 4.68 Å². The zero-order valence-electron chi connectivity index (χ0n) is 20.7. The summed E-state index contributed by atoms with van der Waals surface area (Å²) < 4.78 is 18.8. The quantitative estimate of drug-likeness (QED) is 0.145. The van der Waals surface area contributed by atoms with Crippen LogP contribution in [0.1, 0.15) is 26.3 Å². The number of para-hydroxylation sites is 1. The third-order valence-electron chi connectivity index (χ3n) is 5.35. The molecule has 4 aromatic rings. The molecule has 3 aromatic carbocycles. The maximum Gasteiger partial charge on any atom is 0.347 e. The van der Waals surface area contributed by atoms with E-state index < -0.39 is 12.1 Å². The van der Waals surface area contributed by atoms with Crippen molar-refractivity contribution in [3.63, 3.8) is 0 Å². The van der Waals surface area contributed by atoms with Crippen LogP contribution in [0.2, 0.25) is 0 Å². The highest BCUT2D eigenvalue weighted by Crippen LogP contribution is 2.35. The largest absolute Gasteiger partial charge is 0.490 e. The fourth-order valence-corrected chi connectivity index (χ4v) is 4.41. The number of ether oxygens (including phenoxy) is 3. The number of esters is 1. The molecule has 0 N–H and O–H groups in total. The van der Waals surface area contributed by atoms with Gasteiger partial charge >= 0.3 is 5.97 Å². The Morgan fingerprint density at radius 3 is 2.54 bits per heavy atom. The Bertz CT molecular complexity index is 1500. The Kier molecular flexibility index (Phi) is 8.54. The predicted octanol–water partition coefficient (Wildman–Crippen LogP) is 5.28. The minimum Gasteiger partial charge on any atom is -0.490 e. The highest BCUT2D eigenvalue weighted by atomic mass is 127. The van der Waals surface area contributed by atoms with Crippen molar-refractivity contribution < 1.29 is 19.0 Å². The Balaban J connectivity index is 1.77. The van der Waals surface area contributed by atoms with Crippen LogP contribution in [0.5, 0.6) is 11.5 Å². The number of nitrogens with zero attached hydrogens (tertiary/aromatic N) is 3. The lowest BCUT2D eigenvalue weighted by atomic mass is 10.2. The molecule has 0 aliphatic rings. The van der Waals surface area contributed by atoms with Crippen LogP contribution in [0.25, 0.3) is 22.3 Å². The Labute approximate surface area is 228 Å². The monoisotopic (exact) mass is 611 g/mol. The minimum atomic E-state index is -0.803. The summed E-state index contributed by atoms with van der Waals surface area (Å²) in [6.07, 6.45) is 0.774. The number of aromatic nitrogens is 2. The molecule has 4 rings (SSSR count). The first-order valence-corrected chi connectivity index (χ1v) is 12.9. The molecule has 37 heavy (non-hydrogen) atoms. The summed E-state index contributed by atoms with van der Waals surface area (Å²) in [4.78, 5) is 30.2. The molecule has 0 aliphatic carbocycles. The van der Waals surface area contributed by atoms with Gasteiger partial charge in [0.2, 0.25) is 0 Å². The molecule has 190 valence electrons. The first kappa shape index (κ1) is 26.3. The van der Waals surface area contributed by atoms with Crippen molar-refractivity contribution in [3.05, 3.63) is 86.2 Å². The van der Waals surface area contributed by atoms with Crippen molar-refractivity contribution in [3.8, 4) is 22.9 Å². The van der Waals surface area contributed by atoms with Gasteiger partial charge in [-0.15, -0.1) is 0 Å². The summed E-state index contributed by atoms with van der Waals surface area (Å²) >= 11 is 2.12. The van der Waals surface area contributed by atoms with Crippen molar-refractivity contribution >= 4 is 45.7 Å². The molecule has 1 aromatic heterocycles. The molecule has 0 radical (unpaired) electrons. The van der Waals surface area contributed by atoms with Gasteiger partial charge in [0.15, 0.2) is 23.4 Å². The molecule has 0 aliphatic heterocycles. The van der Waals surface area contributed by atoms with E-state index in [-0.39, 0.29) is 12.2 Å². The topological polar surface area (TPSA) is 92.0 Å². The molecule has 0 bridgehead atoms. The second-order valence-electron chi connectivity index (χ2n) is 7.96. The molecule has 0 fully saturated rings. The Morgan fingerprint density at radius 2 is 1.81 bits per heavy atom. The molecular weight excluding hydrogens is 585 g/mol.